The SMILES string of the molecule is CC(CCCC(=O)O)NC(=O)N(C)CC(F)(F)F. The smallest absolute Gasteiger partial charge is 0.406 e. The normalized spacial score (nSPS) is 12.9. The second-order valence-corrected chi connectivity index (χ2v) is 4.11. The molecule has 0 heterocycles. The fraction of sp³-hybridized carbons (Fsp3) is 0.800. The molecular formula is C10H17F3N2O3. The lowest BCUT2D eigenvalue weighted by Gasteiger charge is -2.22. The monoisotopic (exact) mass is 270 g/mol. The maximum Gasteiger partial charge on any atom is 0.406 e. The molecule has 106 valence electrons. The number of halogens is 3. The zero-order valence-electron chi connectivity index (χ0n) is 10.3. The first kappa shape index (κ1) is 16.5. The molecule has 0 aliphatic carbocycles. The predicted molar refractivity (Wildman–Crippen MR) is 58.2 cm³/mol. The van der Waals surface area contributed by atoms with Gasteiger partial charge in [0, 0.05) is 19.5 Å². The van der Waals surface area contributed by atoms with Crippen LogP contribution in [0, 0.1) is 0 Å². The molecule has 0 saturated carbocycles. The van der Waals surface area contributed by atoms with Crippen LogP contribution in [0.5, 0.6) is 0 Å². The highest BCUT2D eigenvalue weighted by molar-refractivity contribution is 5.74. The van der Waals surface area contributed by atoms with E-state index in [2.05, 4.69) is 5.32 Å². The number of urea groups is 1. The Morgan fingerprint density at radius 3 is 2.39 bits per heavy atom. The van der Waals surface area contributed by atoms with E-state index in [0.29, 0.717) is 17.7 Å². The minimum absolute atomic E-state index is 0.0292. The van der Waals surface area contributed by atoms with Crippen molar-refractivity contribution in [3.05, 3.63) is 0 Å². The number of rotatable bonds is 6. The average molecular weight is 270 g/mol. The molecule has 18 heavy (non-hydrogen) atoms. The molecule has 0 rings (SSSR count). The lowest BCUT2D eigenvalue weighted by Crippen LogP contribution is -2.45. The lowest BCUT2D eigenvalue weighted by atomic mass is 10.1. The molecule has 0 aromatic carbocycles. The zero-order chi connectivity index (χ0) is 14.3. The summed E-state index contributed by atoms with van der Waals surface area (Å²) in [7, 11) is 1.05. The van der Waals surface area contributed by atoms with Crippen LogP contribution >= 0.6 is 0 Å². The van der Waals surface area contributed by atoms with Crippen molar-refractivity contribution in [2.75, 3.05) is 13.6 Å². The van der Waals surface area contributed by atoms with Crippen molar-refractivity contribution in [3.8, 4) is 0 Å². The van der Waals surface area contributed by atoms with Crippen molar-refractivity contribution >= 4 is 12.0 Å². The predicted octanol–water partition coefficient (Wildman–Crippen LogP) is 1.83. The number of carbonyl (C=O) groups is 2. The molecule has 0 aromatic rings. The van der Waals surface area contributed by atoms with E-state index in [4.69, 9.17) is 5.11 Å². The molecule has 0 spiro atoms. The van der Waals surface area contributed by atoms with Gasteiger partial charge in [-0.05, 0) is 19.8 Å². The summed E-state index contributed by atoms with van der Waals surface area (Å²) in [6.07, 6.45) is -3.70. The average Bonchev–Trinajstić information content (AvgIpc) is 2.13. The summed E-state index contributed by atoms with van der Waals surface area (Å²) in [5.74, 6) is -0.942. The molecule has 8 heteroatoms. The van der Waals surface area contributed by atoms with Gasteiger partial charge >= 0.3 is 18.2 Å². The van der Waals surface area contributed by atoms with Gasteiger partial charge in [-0.3, -0.25) is 4.79 Å². The Balaban J connectivity index is 3.96. The molecule has 5 nitrogen and oxygen atoms in total. The molecule has 0 aliphatic heterocycles. The van der Waals surface area contributed by atoms with Crippen LogP contribution < -0.4 is 5.32 Å². The summed E-state index contributed by atoms with van der Waals surface area (Å²) in [5, 5.41) is 10.8. The van der Waals surface area contributed by atoms with E-state index >= 15 is 0 Å². The van der Waals surface area contributed by atoms with Gasteiger partial charge in [0.05, 0.1) is 0 Å². The molecule has 0 fully saturated rings. The number of nitrogens with one attached hydrogen (secondary N) is 1. The van der Waals surface area contributed by atoms with Crippen molar-refractivity contribution in [1.29, 1.82) is 0 Å². The molecule has 0 aliphatic rings. The highest BCUT2D eigenvalue weighted by atomic mass is 19.4. The van der Waals surface area contributed by atoms with Crippen LogP contribution in [-0.4, -0.2) is 47.8 Å². The van der Waals surface area contributed by atoms with E-state index in [1.807, 2.05) is 0 Å². The minimum atomic E-state index is -4.43. The van der Waals surface area contributed by atoms with Crippen molar-refractivity contribution in [3.63, 3.8) is 0 Å². The van der Waals surface area contributed by atoms with E-state index in [0.717, 1.165) is 7.05 Å². The number of carboxylic acids is 1. The van der Waals surface area contributed by atoms with Gasteiger partial charge < -0.3 is 15.3 Å². The quantitative estimate of drug-likeness (QED) is 0.773. The van der Waals surface area contributed by atoms with Crippen LogP contribution in [0.15, 0.2) is 0 Å². The zero-order valence-corrected chi connectivity index (χ0v) is 10.3. The standard InChI is InChI=1S/C10H17F3N2O3/c1-7(4-3-5-8(16)17)14-9(18)15(2)6-10(11,12)13/h7H,3-6H2,1-2H3,(H,14,18)(H,16,17). The van der Waals surface area contributed by atoms with Gasteiger partial charge in [0.15, 0.2) is 0 Å². The van der Waals surface area contributed by atoms with Crippen molar-refractivity contribution in [1.82, 2.24) is 10.2 Å². The van der Waals surface area contributed by atoms with E-state index in [-0.39, 0.29) is 12.5 Å². The summed E-state index contributed by atoms with van der Waals surface area (Å²) in [6.45, 7) is 0.294. The third-order valence-corrected chi connectivity index (χ3v) is 2.16. The van der Waals surface area contributed by atoms with Crippen LogP contribution in [0.25, 0.3) is 0 Å². The molecule has 1 unspecified atom stereocenters. The topological polar surface area (TPSA) is 69.6 Å². The summed E-state index contributed by atoms with van der Waals surface area (Å²) < 4.78 is 36.0. The van der Waals surface area contributed by atoms with Crippen LogP contribution in [0.2, 0.25) is 0 Å². The Labute approximate surface area is 103 Å². The Kier molecular flexibility index (Phi) is 6.50. The van der Waals surface area contributed by atoms with Crippen molar-refractivity contribution in [2.45, 2.75) is 38.4 Å². The molecule has 0 saturated heterocycles. The molecule has 1 atom stereocenters. The van der Waals surface area contributed by atoms with Crippen LogP contribution in [0.4, 0.5) is 18.0 Å². The van der Waals surface area contributed by atoms with Gasteiger partial charge in [-0.25, -0.2) is 4.79 Å². The first-order valence-electron chi connectivity index (χ1n) is 5.42. The van der Waals surface area contributed by atoms with Gasteiger partial charge in [0.25, 0.3) is 0 Å². The number of amides is 2. The van der Waals surface area contributed by atoms with E-state index in [1.54, 1.807) is 6.92 Å². The summed E-state index contributed by atoms with van der Waals surface area (Å²) in [6, 6.07) is -1.19. The Morgan fingerprint density at radius 2 is 1.94 bits per heavy atom. The number of nitrogens with zero attached hydrogens (tertiary/aromatic N) is 1. The molecule has 2 amide bonds. The number of alkyl halides is 3. The Morgan fingerprint density at radius 1 is 1.39 bits per heavy atom. The van der Waals surface area contributed by atoms with Gasteiger partial charge in [-0.1, -0.05) is 0 Å². The van der Waals surface area contributed by atoms with Crippen molar-refractivity contribution < 1.29 is 27.9 Å². The third kappa shape index (κ3) is 8.66. The summed E-state index contributed by atoms with van der Waals surface area (Å²) in [5.41, 5.74) is 0. The number of hydrogen-bond donors (Lipinski definition) is 2. The van der Waals surface area contributed by atoms with Gasteiger partial charge in [-0.2, -0.15) is 13.2 Å². The second-order valence-electron chi connectivity index (χ2n) is 4.11. The summed E-state index contributed by atoms with van der Waals surface area (Å²) >= 11 is 0. The Bertz CT molecular complexity index is 295. The third-order valence-electron chi connectivity index (χ3n) is 2.16. The number of carboxylic acid groups (broad SMARTS) is 1. The second kappa shape index (κ2) is 7.07. The minimum Gasteiger partial charge on any atom is -0.481 e. The maximum atomic E-state index is 12.0. The molecule has 0 bridgehead atoms. The fourth-order valence-corrected chi connectivity index (χ4v) is 1.29. The number of hydrogen-bond acceptors (Lipinski definition) is 2. The molecule has 0 radical (unpaired) electrons. The maximum absolute atomic E-state index is 12.0. The molecule has 2 N–H and O–H groups in total. The summed E-state index contributed by atoms with van der Waals surface area (Å²) in [4.78, 5) is 22.1. The largest absolute Gasteiger partial charge is 0.481 e. The Hall–Kier alpha value is -1.47. The van der Waals surface area contributed by atoms with Crippen LogP contribution in [0.1, 0.15) is 26.2 Å². The van der Waals surface area contributed by atoms with Gasteiger partial charge in [0.2, 0.25) is 0 Å². The van der Waals surface area contributed by atoms with Crippen LogP contribution in [0.3, 0.4) is 0 Å². The highest BCUT2D eigenvalue weighted by Crippen LogP contribution is 2.15. The van der Waals surface area contributed by atoms with E-state index in [9.17, 15) is 22.8 Å². The number of carbonyl (C=O) groups excluding carboxylic acids is 1. The van der Waals surface area contributed by atoms with Crippen molar-refractivity contribution in [2.24, 2.45) is 0 Å². The van der Waals surface area contributed by atoms with E-state index < -0.39 is 24.7 Å². The highest BCUT2D eigenvalue weighted by Gasteiger charge is 2.31. The lowest BCUT2D eigenvalue weighted by molar-refractivity contribution is -0.138. The van der Waals surface area contributed by atoms with E-state index in [1.165, 1.54) is 0 Å². The molecule has 0 aromatic heterocycles. The fourth-order valence-electron chi connectivity index (χ4n) is 1.29. The first-order valence-corrected chi connectivity index (χ1v) is 5.42. The first-order chi connectivity index (χ1) is 8.11. The van der Waals surface area contributed by atoms with Crippen LogP contribution in [-0.2, 0) is 4.79 Å². The van der Waals surface area contributed by atoms with Gasteiger partial charge in [0.1, 0.15) is 6.54 Å². The molecular weight excluding hydrogens is 253 g/mol. The van der Waals surface area contributed by atoms with Gasteiger partial charge in [-0.15, -0.1) is 0 Å². The number of aliphatic carboxylic acids is 1.